The third-order valence-corrected chi connectivity index (χ3v) is 5.24. The quantitative estimate of drug-likeness (QED) is 0.557. The molecule has 0 saturated heterocycles. The van der Waals surface area contributed by atoms with E-state index < -0.39 is 0 Å². The number of nitrogen functional groups attached to an aromatic ring is 1. The number of nitrogens with two attached hydrogens (primary N) is 1. The van der Waals surface area contributed by atoms with E-state index in [0.717, 1.165) is 27.2 Å². The molecule has 3 heterocycles. The normalized spacial score (nSPS) is 10.7. The molecular weight excluding hydrogens is 360 g/mol. The summed E-state index contributed by atoms with van der Waals surface area (Å²) in [7, 11) is 1.60. The number of thiophene rings is 1. The van der Waals surface area contributed by atoms with Gasteiger partial charge < -0.3 is 15.8 Å². The molecule has 1 aromatic carbocycles. The number of carbonyl (C=O) groups is 1. The summed E-state index contributed by atoms with van der Waals surface area (Å²) in [6.07, 6.45) is 3.44. The maximum Gasteiger partial charge on any atom is 0.267 e. The minimum absolute atomic E-state index is 0.258. The number of benzene rings is 1. The van der Waals surface area contributed by atoms with Crippen LogP contribution in [0.3, 0.4) is 0 Å². The van der Waals surface area contributed by atoms with Gasteiger partial charge in [0.05, 0.1) is 18.5 Å². The number of pyridine rings is 2. The van der Waals surface area contributed by atoms with Crippen molar-refractivity contribution < 1.29 is 9.53 Å². The number of hydrogen-bond acceptors (Lipinski definition) is 6. The zero-order valence-electron chi connectivity index (χ0n) is 14.5. The van der Waals surface area contributed by atoms with Gasteiger partial charge in [-0.25, -0.2) is 4.98 Å². The van der Waals surface area contributed by atoms with Gasteiger partial charge in [-0.1, -0.05) is 0 Å². The Balaban J connectivity index is 1.65. The van der Waals surface area contributed by atoms with Crippen molar-refractivity contribution in [3.05, 3.63) is 65.8 Å². The van der Waals surface area contributed by atoms with Crippen molar-refractivity contribution in [3.63, 3.8) is 0 Å². The minimum Gasteiger partial charge on any atom is -0.497 e. The predicted molar refractivity (Wildman–Crippen MR) is 108 cm³/mol. The molecule has 0 unspecified atom stereocenters. The number of nitrogens with one attached hydrogen (secondary N) is 1. The number of hydrogen-bond donors (Lipinski definition) is 2. The van der Waals surface area contributed by atoms with Gasteiger partial charge in [-0.05, 0) is 48.5 Å². The second kappa shape index (κ2) is 7.05. The maximum atomic E-state index is 12.7. The Morgan fingerprint density at radius 2 is 1.81 bits per heavy atom. The monoisotopic (exact) mass is 376 g/mol. The summed E-state index contributed by atoms with van der Waals surface area (Å²) in [5, 5.41) is 3.63. The fourth-order valence-electron chi connectivity index (χ4n) is 2.71. The zero-order chi connectivity index (χ0) is 18.8. The molecular formula is C20H16N4O2S. The summed E-state index contributed by atoms with van der Waals surface area (Å²) in [4.78, 5) is 22.5. The van der Waals surface area contributed by atoms with Crippen LogP contribution in [0.1, 0.15) is 9.67 Å². The molecule has 1 amide bonds. The van der Waals surface area contributed by atoms with Crippen LogP contribution in [0.2, 0.25) is 0 Å². The molecule has 3 aromatic heterocycles. The summed E-state index contributed by atoms with van der Waals surface area (Å²) in [6, 6.07) is 14.7. The zero-order valence-corrected chi connectivity index (χ0v) is 15.3. The third kappa shape index (κ3) is 3.32. The van der Waals surface area contributed by atoms with Crippen LogP contribution in [0.15, 0.2) is 60.9 Å². The van der Waals surface area contributed by atoms with E-state index in [9.17, 15) is 4.79 Å². The molecule has 7 heteroatoms. The Hall–Kier alpha value is -3.45. The number of nitrogens with zero attached hydrogens (tertiary/aromatic N) is 2. The van der Waals surface area contributed by atoms with E-state index in [-0.39, 0.29) is 5.91 Å². The Morgan fingerprint density at radius 1 is 1.07 bits per heavy atom. The third-order valence-electron chi connectivity index (χ3n) is 4.12. The minimum atomic E-state index is -0.258. The molecule has 0 aliphatic carbocycles. The van der Waals surface area contributed by atoms with Crippen LogP contribution in [0, 0.1) is 0 Å². The highest BCUT2D eigenvalue weighted by molar-refractivity contribution is 7.21. The van der Waals surface area contributed by atoms with Crippen LogP contribution in [-0.4, -0.2) is 23.0 Å². The van der Waals surface area contributed by atoms with Crippen LogP contribution in [0.5, 0.6) is 5.75 Å². The maximum absolute atomic E-state index is 12.7. The lowest BCUT2D eigenvalue weighted by Gasteiger charge is -2.05. The van der Waals surface area contributed by atoms with Crippen LogP contribution in [0.4, 0.5) is 11.4 Å². The molecule has 0 atom stereocenters. The summed E-state index contributed by atoms with van der Waals surface area (Å²) >= 11 is 1.28. The summed E-state index contributed by atoms with van der Waals surface area (Å²) in [5.41, 5.74) is 9.09. The van der Waals surface area contributed by atoms with E-state index >= 15 is 0 Å². The molecule has 4 rings (SSSR count). The first-order chi connectivity index (χ1) is 13.2. The van der Waals surface area contributed by atoms with Crippen molar-refractivity contribution in [1.82, 2.24) is 9.97 Å². The molecule has 3 N–H and O–H groups in total. The Bertz CT molecular complexity index is 1110. The van der Waals surface area contributed by atoms with Gasteiger partial charge in [0.25, 0.3) is 5.91 Å². The Labute approximate surface area is 159 Å². The fourth-order valence-corrected chi connectivity index (χ4v) is 3.70. The van der Waals surface area contributed by atoms with Gasteiger partial charge in [0.2, 0.25) is 0 Å². The van der Waals surface area contributed by atoms with E-state index in [1.54, 1.807) is 43.8 Å². The van der Waals surface area contributed by atoms with Crippen LogP contribution >= 0.6 is 11.3 Å². The molecule has 4 aromatic rings. The van der Waals surface area contributed by atoms with Gasteiger partial charge in [0.1, 0.15) is 15.5 Å². The first-order valence-corrected chi connectivity index (χ1v) is 9.02. The van der Waals surface area contributed by atoms with E-state index in [2.05, 4.69) is 15.3 Å². The predicted octanol–water partition coefficient (Wildman–Crippen LogP) is 4.20. The van der Waals surface area contributed by atoms with Gasteiger partial charge in [-0.2, -0.15) is 0 Å². The highest BCUT2D eigenvalue weighted by Crippen LogP contribution is 2.34. The number of carbonyl (C=O) groups excluding carboxylic acids is 1. The standard InChI is InChI=1S/C20H16N4O2S/c1-26-14-4-2-13(3-5-14)23-19(25)18-17(21)15-6-7-16(24-20(15)27-18)12-8-10-22-11-9-12/h2-11H,21H2,1H3,(H,23,25). The molecule has 6 nitrogen and oxygen atoms in total. The lowest BCUT2D eigenvalue weighted by molar-refractivity contribution is 0.103. The van der Waals surface area contributed by atoms with E-state index in [0.29, 0.717) is 16.3 Å². The van der Waals surface area contributed by atoms with Crippen molar-refractivity contribution in [2.75, 3.05) is 18.2 Å². The molecule has 0 aliphatic heterocycles. The first kappa shape index (κ1) is 17.0. The second-order valence-corrected chi connectivity index (χ2v) is 6.81. The molecule has 0 fully saturated rings. The summed E-state index contributed by atoms with van der Waals surface area (Å²) in [5.74, 6) is 0.466. The van der Waals surface area contributed by atoms with Crippen molar-refractivity contribution in [2.24, 2.45) is 0 Å². The van der Waals surface area contributed by atoms with Crippen molar-refractivity contribution in [3.8, 4) is 17.0 Å². The largest absolute Gasteiger partial charge is 0.497 e. The number of rotatable bonds is 4. The number of fused-ring (bicyclic) bond motifs is 1. The smallest absolute Gasteiger partial charge is 0.267 e. The van der Waals surface area contributed by atoms with E-state index in [1.165, 1.54) is 11.3 Å². The number of amides is 1. The van der Waals surface area contributed by atoms with Gasteiger partial charge >= 0.3 is 0 Å². The molecule has 0 aliphatic rings. The Kier molecular flexibility index (Phi) is 4.43. The van der Waals surface area contributed by atoms with Crippen molar-refractivity contribution >= 4 is 38.8 Å². The fraction of sp³-hybridized carbons (Fsp3) is 0.0500. The van der Waals surface area contributed by atoms with Crippen LogP contribution in [0.25, 0.3) is 21.5 Å². The van der Waals surface area contributed by atoms with Gasteiger partial charge in [0, 0.05) is 29.0 Å². The van der Waals surface area contributed by atoms with Crippen molar-refractivity contribution in [1.29, 1.82) is 0 Å². The highest BCUT2D eigenvalue weighted by Gasteiger charge is 2.18. The van der Waals surface area contributed by atoms with Crippen LogP contribution < -0.4 is 15.8 Å². The number of aromatic nitrogens is 2. The van der Waals surface area contributed by atoms with Gasteiger partial charge in [0.15, 0.2) is 0 Å². The summed E-state index contributed by atoms with van der Waals surface area (Å²) in [6.45, 7) is 0. The number of ether oxygens (including phenoxy) is 1. The van der Waals surface area contributed by atoms with E-state index in [4.69, 9.17) is 10.5 Å². The lowest BCUT2D eigenvalue weighted by Crippen LogP contribution is -2.11. The Morgan fingerprint density at radius 3 is 2.52 bits per heavy atom. The average molecular weight is 376 g/mol. The van der Waals surface area contributed by atoms with Crippen LogP contribution in [-0.2, 0) is 0 Å². The molecule has 0 spiro atoms. The van der Waals surface area contributed by atoms with E-state index in [1.807, 2.05) is 24.3 Å². The molecule has 0 bridgehead atoms. The highest BCUT2D eigenvalue weighted by atomic mass is 32.1. The summed E-state index contributed by atoms with van der Waals surface area (Å²) < 4.78 is 5.12. The first-order valence-electron chi connectivity index (χ1n) is 8.20. The SMILES string of the molecule is COc1ccc(NC(=O)c2sc3nc(-c4ccncc4)ccc3c2N)cc1. The topological polar surface area (TPSA) is 90.1 Å². The number of methoxy groups -OCH3 is 1. The van der Waals surface area contributed by atoms with Gasteiger partial charge in [-0.15, -0.1) is 11.3 Å². The number of anilines is 2. The van der Waals surface area contributed by atoms with Gasteiger partial charge in [-0.3, -0.25) is 9.78 Å². The average Bonchev–Trinajstić information content (AvgIpc) is 3.05. The molecule has 0 radical (unpaired) electrons. The lowest BCUT2D eigenvalue weighted by atomic mass is 10.1. The molecule has 27 heavy (non-hydrogen) atoms. The molecule has 0 saturated carbocycles. The van der Waals surface area contributed by atoms with Crippen molar-refractivity contribution in [2.45, 2.75) is 0 Å². The second-order valence-electron chi connectivity index (χ2n) is 5.81. The molecule has 134 valence electrons.